The predicted octanol–water partition coefficient (Wildman–Crippen LogP) is 5.15. The molecular weight excluding hydrogens is 479 g/mol. The quantitative estimate of drug-likeness (QED) is 0.455. The number of hydrogen-bond acceptors (Lipinski definition) is 6. The SMILES string of the molecule is CCC(c1ccc(NC(=O)c2c(Cl)cncc2Cl)cn1)[C@H](NC1=COC12CCCCC2)C(=O)O. The molecule has 180 valence electrons. The minimum atomic E-state index is -0.952. The number of aromatic nitrogens is 2. The highest BCUT2D eigenvalue weighted by Crippen LogP contribution is 2.43. The number of carboxylic acids is 1. The zero-order valence-electron chi connectivity index (χ0n) is 18.7. The molecule has 1 spiro atoms. The highest BCUT2D eigenvalue weighted by molar-refractivity contribution is 6.40. The van der Waals surface area contributed by atoms with Crippen molar-refractivity contribution in [3.05, 3.63) is 64.0 Å². The van der Waals surface area contributed by atoms with E-state index in [9.17, 15) is 14.7 Å². The fourth-order valence-corrected chi connectivity index (χ4v) is 5.13. The van der Waals surface area contributed by atoms with E-state index in [0.717, 1.165) is 31.4 Å². The van der Waals surface area contributed by atoms with Gasteiger partial charge in [0.25, 0.3) is 5.91 Å². The molecule has 2 aliphatic rings. The molecule has 1 aliphatic heterocycles. The van der Waals surface area contributed by atoms with Gasteiger partial charge in [0.1, 0.15) is 12.3 Å². The Morgan fingerprint density at radius 3 is 2.38 bits per heavy atom. The van der Waals surface area contributed by atoms with E-state index in [1.807, 2.05) is 6.92 Å². The molecule has 2 atom stereocenters. The molecule has 1 unspecified atom stereocenters. The number of aliphatic carboxylic acids is 1. The monoisotopic (exact) mass is 504 g/mol. The van der Waals surface area contributed by atoms with E-state index in [-0.39, 0.29) is 27.1 Å². The number of carbonyl (C=O) groups is 2. The van der Waals surface area contributed by atoms with Crippen LogP contribution in [0, 0.1) is 0 Å². The van der Waals surface area contributed by atoms with Crippen LogP contribution in [0.25, 0.3) is 0 Å². The van der Waals surface area contributed by atoms with E-state index in [4.69, 9.17) is 27.9 Å². The second kappa shape index (κ2) is 10.2. The van der Waals surface area contributed by atoms with Crippen LogP contribution in [0.2, 0.25) is 10.0 Å². The van der Waals surface area contributed by atoms with E-state index < -0.39 is 17.9 Å². The molecule has 0 radical (unpaired) electrons. The van der Waals surface area contributed by atoms with Crippen LogP contribution in [0.1, 0.15) is 67.4 Å². The van der Waals surface area contributed by atoms with Gasteiger partial charge < -0.3 is 20.5 Å². The van der Waals surface area contributed by atoms with Crippen molar-refractivity contribution in [2.24, 2.45) is 0 Å². The summed E-state index contributed by atoms with van der Waals surface area (Å²) in [5.41, 5.74) is 1.65. The summed E-state index contributed by atoms with van der Waals surface area (Å²) in [7, 11) is 0. The van der Waals surface area contributed by atoms with Gasteiger partial charge >= 0.3 is 5.97 Å². The number of pyridine rings is 2. The molecule has 0 bridgehead atoms. The maximum Gasteiger partial charge on any atom is 0.326 e. The standard InChI is InChI=1S/C24H26Cl2N4O4/c1-2-15(21(23(32)33)30-19-13-34-24(19)8-4-3-5-9-24)18-7-6-14(10-28-18)29-22(31)20-16(25)11-27-12-17(20)26/h6-7,10-13,15,21,30H,2-5,8-9H2,1H3,(H,29,31)(H,32,33)/t15?,21-/m0/s1. The number of nitrogens with one attached hydrogen (secondary N) is 2. The Labute approximate surface area is 207 Å². The highest BCUT2D eigenvalue weighted by Gasteiger charge is 2.45. The number of carbonyl (C=O) groups excluding carboxylic acids is 1. The Morgan fingerprint density at radius 1 is 1.15 bits per heavy atom. The van der Waals surface area contributed by atoms with Crippen molar-refractivity contribution < 1.29 is 19.4 Å². The summed E-state index contributed by atoms with van der Waals surface area (Å²) < 4.78 is 5.78. The minimum absolute atomic E-state index is 0.122. The van der Waals surface area contributed by atoms with E-state index >= 15 is 0 Å². The summed E-state index contributed by atoms with van der Waals surface area (Å²) >= 11 is 12.1. The lowest BCUT2D eigenvalue weighted by atomic mass is 9.79. The van der Waals surface area contributed by atoms with Crippen LogP contribution in [-0.4, -0.2) is 38.6 Å². The van der Waals surface area contributed by atoms with Crippen LogP contribution >= 0.6 is 23.2 Å². The number of halogens is 2. The van der Waals surface area contributed by atoms with Gasteiger partial charge in [-0.1, -0.05) is 36.5 Å². The van der Waals surface area contributed by atoms with Crippen LogP contribution in [0.4, 0.5) is 5.69 Å². The molecule has 1 amide bonds. The molecular formula is C24H26Cl2N4O4. The fraction of sp³-hybridized carbons (Fsp3) is 0.417. The molecule has 2 aromatic heterocycles. The van der Waals surface area contributed by atoms with Gasteiger partial charge in [-0.25, -0.2) is 4.79 Å². The summed E-state index contributed by atoms with van der Waals surface area (Å²) in [4.78, 5) is 33.1. The van der Waals surface area contributed by atoms with Gasteiger partial charge in [-0.2, -0.15) is 0 Å². The van der Waals surface area contributed by atoms with Gasteiger partial charge in [0.2, 0.25) is 0 Å². The first kappa shape index (κ1) is 24.3. The van der Waals surface area contributed by atoms with Gasteiger partial charge in [0.15, 0.2) is 5.60 Å². The first-order valence-electron chi connectivity index (χ1n) is 11.3. The van der Waals surface area contributed by atoms with E-state index in [1.54, 1.807) is 18.4 Å². The number of ether oxygens (including phenoxy) is 1. The lowest BCUT2D eigenvalue weighted by molar-refractivity contribution is -0.140. The Bertz CT molecular complexity index is 1080. The van der Waals surface area contributed by atoms with Crippen molar-refractivity contribution >= 4 is 40.8 Å². The van der Waals surface area contributed by atoms with Gasteiger partial charge in [0, 0.05) is 24.0 Å². The Morgan fingerprint density at radius 2 is 1.85 bits per heavy atom. The Hall–Kier alpha value is -2.84. The van der Waals surface area contributed by atoms with Crippen LogP contribution in [0.3, 0.4) is 0 Å². The van der Waals surface area contributed by atoms with Crippen molar-refractivity contribution in [1.29, 1.82) is 0 Å². The third-order valence-corrected chi connectivity index (χ3v) is 7.05. The van der Waals surface area contributed by atoms with Crippen LogP contribution in [0.15, 0.2) is 42.7 Å². The van der Waals surface area contributed by atoms with E-state index in [0.29, 0.717) is 17.8 Å². The molecule has 3 heterocycles. The largest absolute Gasteiger partial charge is 0.487 e. The summed E-state index contributed by atoms with van der Waals surface area (Å²) in [5, 5.41) is 16.2. The number of anilines is 1. The number of rotatable bonds is 8. The molecule has 1 aliphatic carbocycles. The van der Waals surface area contributed by atoms with Crippen LogP contribution in [0.5, 0.6) is 0 Å². The first-order chi connectivity index (χ1) is 16.3. The first-order valence-corrected chi connectivity index (χ1v) is 12.0. The number of amides is 1. The molecule has 0 saturated heterocycles. The summed E-state index contributed by atoms with van der Waals surface area (Å²) in [5.74, 6) is -1.82. The molecule has 10 heteroatoms. The van der Waals surface area contributed by atoms with Crippen molar-refractivity contribution in [2.45, 2.75) is 63.0 Å². The molecule has 3 N–H and O–H groups in total. The minimum Gasteiger partial charge on any atom is -0.487 e. The van der Waals surface area contributed by atoms with E-state index in [2.05, 4.69) is 20.6 Å². The van der Waals surface area contributed by atoms with Crippen molar-refractivity contribution in [3.63, 3.8) is 0 Å². The molecule has 2 aromatic rings. The molecule has 4 rings (SSSR count). The summed E-state index contributed by atoms with van der Waals surface area (Å²) in [6.07, 6.45) is 11.5. The summed E-state index contributed by atoms with van der Waals surface area (Å²) in [6, 6.07) is 2.54. The van der Waals surface area contributed by atoms with Gasteiger partial charge in [-0.05, 0) is 44.2 Å². The normalized spacial score (nSPS) is 18.1. The molecule has 8 nitrogen and oxygen atoms in total. The zero-order valence-corrected chi connectivity index (χ0v) is 20.2. The van der Waals surface area contributed by atoms with Gasteiger partial charge in [-0.15, -0.1) is 0 Å². The van der Waals surface area contributed by atoms with Crippen molar-refractivity contribution in [1.82, 2.24) is 15.3 Å². The molecule has 0 aromatic carbocycles. The second-order valence-corrected chi connectivity index (χ2v) is 9.40. The number of carboxylic acid groups (broad SMARTS) is 1. The molecule has 1 saturated carbocycles. The maximum atomic E-state index is 12.6. The molecule has 34 heavy (non-hydrogen) atoms. The van der Waals surface area contributed by atoms with Crippen LogP contribution in [-0.2, 0) is 9.53 Å². The lowest BCUT2D eigenvalue weighted by Gasteiger charge is -2.46. The third-order valence-electron chi connectivity index (χ3n) is 6.48. The lowest BCUT2D eigenvalue weighted by Crippen LogP contribution is -2.53. The predicted molar refractivity (Wildman–Crippen MR) is 129 cm³/mol. The van der Waals surface area contributed by atoms with Gasteiger partial charge in [0.05, 0.1) is 33.2 Å². The molecule has 1 fully saturated rings. The van der Waals surface area contributed by atoms with Gasteiger partial charge in [-0.3, -0.25) is 14.8 Å². The highest BCUT2D eigenvalue weighted by atomic mass is 35.5. The zero-order chi connectivity index (χ0) is 24.3. The second-order valence-electron chi connectivity index (χ2n) is 8.58. The van der Waals surface area contributed by atoms with Crippen LogP contribution < -0.4 is 10.6 Å². The summed E-state index contributed by atoms with van der Waals surface area (Å²) in [6.45, 7) is 1.93. The van der Waals surface area contributed by atoms with E-state index in [1.165, 1.54) is 25.0 Å². The Kier molecular flexibility index (Phi) is 7.28. The average Bonchev–Trinajstić information content (AvgIpc) is 2.82. The fourth-order valence-electron chi connectivity index (χ4n) is 4.60. The number of hydrogen-bond donors (Lipinski definition) is 3. The average molecular weight is 505 g/mol. The smallest absolute Gasteiger partial charge is 0.326 e. The van der Waals surface area contributed by atoms with Crippen molar-refractivity contribution in [2.75, 3.05) is 5.32 Å². The Balaban J connectivity index is 1.48. The topological polar surface area (TPSA) is 113 Å². The number of nitrogens with zero attached hydrogens (tertiary/aromatic N) is 2. The third kappa shape index (κ3) is 4.83. The van der Waals surface area contributed by atoms with Crippen molar-refractivity contribution in [3.8, 4) is 0 Å². The maximum absolute atomic E-state index is 12.6.